The lowest BCUT2D eigenvalue weighted by Gasteiger charge is -2.05. The second kappa shape index (κ2) is 5.24. The number of rotatable bonds is 5. The third-order valence-electron chi connectivity index (χ3n) is 1.57. The van der Waals surface area contributed by atoms with Gasteiger partial charge in [-0.15, -0.1) is 0 Å². The lowest BCUT2D eigenvalue weighted by Crippen LogP contribution is -2.09. The summed E-state index contributed by atoms with van der Waals surface area (Å²) in [4.78, 5) is 10.2. The lowest BCUT2D eigenvalue weighted by atomic mass is 10.2. The van der Waals surface area contributed by atoms with E-state index in [1.54, 1.807) is 25.3 Å². The molecule has 0 amide bonds. The smallest absolute Gasteiger partial charge is 0.341 e. The average Bonchev–Trinajstić information content (AvgIpc) is 2.16. The summed E-state index contributed by atoms with van der Waals surface area (Å²) < 4.78 is 9.94. The van der Waals surface area contributed by atoms with Crippen molar-refractivity contribution in [3.05, 3.63) is 29.8 Å². The highest BCUT2D eigenvalue weighted by Crippen LogP contribution is 2.13. The van der Waals surface area contributed by atoms with E-state index in [0.29, 0.717) is 12.4 Å². The van der Waals surface area contributed by atoms with Gasteiger partial charge < -0.3 is 14.6 Å². The Morgan fingerprint density at radius 2 is 2.29 bits per heavy atom. The summed E-state index contributed by atoms with van der Waals surface area (Å²) in [5, 5.41) is 8.40. The fourth-order valence-corrected chi connectivity index (χ4v) is 1.04. The molecule has 0 aliphatic carbocycles. The van der Waals surface area contributed by atoms with E-state index in [1.165, 1.54) is 0 Å². The Labute approximate surface area is 82.1 Å². The molecular formula is C10H12O4. The van der Waals surface area contributed by atoms with E-state index in [0.717, 1.165) is 5.56 Å². The minimum Gasteiger partial charge on any atom is -0.482 e. The molecular weight excluding hydrogens is 184 g/mol. The van der Waals surface area contributed by atoms with Crippen LogP contribution in [0.1, 0.15) is 5.56 Å². The standard InChI is InChI=1S/C10H12O4/c1-13-6-8-3-2-4-9(5-8)14-7-10(11)12/h2-5H,6-7H2,1H3,(H,11,12). The molecule has 14 heavy (non-hydrogen) atoms. The van der Waals surface area contributed by atoms with Crippen LogP contribution >= 0.6 is 0 Å². The molecule has 0 radical (unpaired) electrons. The molecule has 0 saturated carbocycles. The molecule has 4 heteroatoms. The minimum atomic E-state index is -0.984. The van der Waals surface area contributed by atoms with Gasteiger partial charge in [0.1, 0.15) is 5.75 Å². The highest BCUT2D eigenvalue weighted by molar-refractivity contribution is 5.68. The Hall–Kier alpha value is -1.55. The molecule has 0 heterocycles. The van der Waals surface area contributed by atoms with Gasteiger partial charge in [-0.1, -0.05) is 12.1 Å². The van der Waals surface area contributed by atoms with E-state index in [2.05, 4.69) is 0 Å². The van der Waals surface area contributed by atoms with Gasteiger partial charge in [-0.3, -0.25) is 0 Å². The quantitative estimate of drug-likeness (QED) is 0.771. The van der Waals surface area contributed by atoms with Gasteiger partial charge in [-0.2, -0.15) is 0 Å². The first-order valence-corrected chi connectivity index (χ1v) is 4.15. The van der Waals surface area contributed by atoms with E-state index in [-0.39, 0.29) is 6.61 Å². The number of aliphatic carboxylic acids is 1. The molecule has 1 N–H and O–H groups in total. The van der Waals surface area contributed by atoms with Crippen LogP contribution in [-0.4, -0.2) is 24.8 Å². The maximum atomic E-state index is 10.2. The summed E-state index contributed by atoms with van der Waals surface area (Å²) in [7, 11) is 1.60. The first-order valence-electron chi connectivity index (χ1n) is 4.15. The highest BCUT2D eigenvalue weighted by Gasteiger charge is 1.99. The summed E-state index contributed by atoms with van der Waals surface area (Å²) in [5.41, 5.74) is 0.954. The van der Waals surface area contributed by atoms with E-state index in [9.17, 15) is 4.79 Å². The fraction of sp³-hybridized carbons (Fsp3) is 0.300. The zero-order chi connectivity index (χ0) is 10.4. The van der Waals surface area contributed by atoms with Gasteiger partial charge in [0.25, 0.3) is 0 Å². The Morgan fingerprint density at radius 3 is 2.93 bits per heavy atom. The van der Waals surface area contributed by atoms with Crippen molar-refractivity contribution in [2.24, 2.45) is 0 Å². The van der Waals surface area contributed by atoms with Gasteiger partial charge in [0.15, 0.2) is 6.61 Å². The van der Waals surface area contributed by atoms with E-state index in [1.807, 2.05) is 6.07 Å². The number of carbonyl (C=O) groups is 1. The third-order valence-corrected chi connectivity index (χ3v) is 1.57. The molecule has 0 aliphatic heterocycles. The van der Waals surface area contributed by atoms with Crippen molar-refractivity contribution in [1.29, 1.82) is 0 Å². The van der Waals surface area contributed by atoms with Gasteiger partial charge >= 0.3 is 5.97 Å². The first kappa shape index (κ1) is 10.5. The zero-order valence-corrected chi connectivity index (χ0v) is 7.90. The molecule has 4 nitrogen and oxygen atoms in total. The second-order valence-electron chi connectivity index (χ2n) is 2.76. The molecule has 0 unspecified atom stereocenters. The predicted octanol–water partition coefficient (Wildman–Crippen LogP) is 1.30. The largest absolute Gasteiger partial charge is 0.482 e. The molecule has 0 fully saturated rings. The number of carboxylic acids is 1. The fourth-order valence-electron chi connectivity index (χ4n) is 1.04. The Balaban J connectivity index is 2.58. The average molecular weight is 196 g/mol. The van der Waals surface area contributed by atoms with Crippen molar-refractivity contribution in [3.63, 3.8) is 0 Å². The molecule has 0 atom stereocenters. The number of benzene rings is 1. The monoisotopic (exact) mass is 196 g/mol. The second-order valence-corrected chi connectivity index (χ2v) is 2.76. The highest BCUT2D eigenvalue weighted by atomic mass is 16.5. The minimum absolute atomic E-state index is 0.323. The predicted molar refractivity (Wildman–Crippen MR) is 50.3 cm³/mol. The summed E-state index contributed by atoms with van der Waals surface area (Å²) in [6.07, 6.45) is 0. The normalized spacial score (nSPS) is 9.79. The molecule has 1 aromatic rings. The van der Waals surface area contributed by atoms with Crippen LogP contribution in [0.2, 0.25) is 0 Å². The summed E-state index contributed by atoms with van der Waals surface area (Å²) in [6.45, 7) is 0.167. The molecule has 0 saturated heterocycles. The third kappa shape index (κ3) is 3.45. The number of hydrogen-bond acceptors (Lipinski definition) is 3. The van der Waals surface area contributed by atoms with Crippen molar-refractivity contribution in [1.82, 2.24) is 0 Å². The van der Waals surface area contributed by atoms with Gasteiger partial charge in [0, 0.05) is 7.11 Å². The van der Waals surface area contributed by atoms with Crippen LogP contribution in [0, 0.1) is 0 Å². The van der Waals surface area contributed by atoms with Crippen LogP contribution < -0.4 is 4.74 Å². The van der Waals surface area contributed by atoms with E-state index in [4.69, 9.17) is 14.6 Å². The maximum Gasteiger partial charge on any atom is 0.341 e. The van der Waals surface area contributed by atoms with Crippen molar-refractivity contribution >= 4 is 5.97 Å². The molecule has 0 aromatic heterocycles. The SMILES string of the molecule is COCc1cccc(OCC(=O)O)c1. The Kier molecular flexibility index (Phi) is 3.94. The summed E-state index contributed by atoms with van der Waals surface area (Å²) in [5.74, 6) is -0.441. The van der Waals surface area contributed by atoms with Gasteiger partial charge in [0.2, 0.25) is 0 Å². The van der Waals surface area contributed by atoms with Crippen molar-refractivity contribution in [3.8, 4) is 5.75 Å². The van der Waals surface area contributed by atoms with Crippen LogP contribution in [-0.2, 0) is 16.1 Å². The van der Waals surface area contributed by atoms with Crippen molar-refractivity contribution in [2.45, 2.75) is 6.61 Å². The van der Waals surface area contributed by atoms with Crippen molar-refractivity contribution < 1.29 is 19.4 Å². The van der Waals surface area contributed by atoms with E-state index < -0.39 is 5.97 Å². The zero-order valence-electron chi connectivity index (χ0n) is 7.90. The first-order chi connectivity index (χ1) is 6.72. The van der Waals surface area contributed by atoms with Crippen molar-refractivity contribution in [2.75, 3.05) is 13.7 Å². The topological polar surface area (TPSA) is 55.8 Å². The molecule has 0 bridgehead atoms. The molecule has 76 valence electrons. The molecule has 0 aliphatic rings. The maximum absolute atomic E-state index is 10.2. The number of ether oxygens (including phenoxy) is 2. The van der Waals surface area contributed by atoms with Crippen LogP contribution in [0.15, 0.2) is 24.3 Å². The number of methoxy groups -OCH3 is 1. The lowest BCUT2D eigenvalue weighted by molar-refractivity contribution is -0.139. The molecule has 0 spiro atoms. The van der Waals surface area contributed by atoms with Crippen LogP contribution in [0.25, 0.3) is 0 Å². The summed E-state index contributed by atoms with van der Waals surface area (Å²) in [6, 6.07) is 7.15. The van der Waals surface area contributed by atoms with Crippen LogP contribution in [0.3, 0.4) is 0 Å². The molecule has 1 rings (SSSR count). The molecule has 1 aromatic carbocycles. The van der Waals surface area contributed by atoms with Gasteiger partial charge in [0.05, 0.1) is 6.61 Å². The number of carboxylic acid groups (broad SMARTS) is 1. The van der Waals surface area contributed by atoms with E-state index >= 15 is 0 Å². The Morgan fingerprint density at radius 1 is 1.50 bits per heavy atom. The van der Waals surface area contributed by atoms with Gasteiger partial charge in [-0.25, -0.2) is 4.79 Å². The Bertz CT molecular complexity index is 309. The van der Waals surface area contributed by atoms with Gasteiger partial charge in [-0.05, 0) is 17.7 Å². The number of hydrogen-bond donors (Lipinski definition) is 1. The van der Waals surface area contributed by atoms with Crippen LogP contribution in [0.4, 0.5) is 0 Å². The van der Waals surface area contributed by atoms with Crippen LogP contribution in [0.5, 0.6) is 5.75 Å². The summed E-state index contributed by atoms with van der Waals surface area (Å²) >= 11 is 0.